The molecule has 3 aromatic rings. The lowest BCUT2D eigenvalue weighted by atomic mass is 10.1. The van der Waals surface area contributed by atoms with Crippen LogP contribution in [0.1, 0.15) is 16.7 Å². The van der Waals surface area contributed by atoms with Crippen molar-refractivity contribution in [3.05, 3.63) is 98.4 Å². The molecule has 174 valence electrons. The van der Waals surface area contributed by atoms with E-state index < -0.39 is 11.9 Å². The number of imide groups is 1. The Morgan fingerprint density at radius 3 is 2.56 bits per heavy atom. The molecule has 1 fully saturated rings. The van der Waals surface area contributed by atoms with Crippen molar-refractivity contribution in [1.29, 1.82) is 0 Å². The molecule has 4 rings (SSSR count). The third kappa shape index (κ3) is 5.24. The molecule has 1 aliphatic heterocycles. The van der Waals surface area contributed by atoms with Crippen molar-refractivity contribution in [3.8, 4) is 11.5 Å². The van der Waals surface area contributed by atoms with Gasteiger partial charge in [0, 0.05) is 10.0 Å². The monoisotopic (exact) mass is 544 g/mol. The Morgan fingerprint density at radius 2 is 1.85 bits per heavy atom. The van der Waals surface area contributed by atoms with Crippen molar-refractivity contribution in [2.24, 2.45) is 0 Å². The molecular formula is C25H19BrClFN2O4. The van der Waals surface area contributed by atoms with Gasteiger partial charge in [-0.05, 0) is 47.5 Å². The van der Waals surface area contributed by atoms with E-state index in [9.17, 15) is 14.0 Å². The number of halogens is 3. The lowest BCUT2D eigenvalue weighted by Crippen LogP contribution is -2.30. The zero-order valence-corrected chi connectivity index (χ0v) is 20.3. The largest absolute Gasteiger partial charge is 0.493 e. The van der Waals surface area contributed by atoms with Crippen LogP contribution in [0.15, 0.2) is 70.8 Å². The lowest BCUT2D eigenvalue weighted by molar-refractivity contribution is -0.123. The smallest absolute Gasteiger partial charge is 0.329 e. The minimum Gasteiger partial charge on any atom is -0.493 e. The Hall–Kier alpha value is -3.36. The van der Waals surface area contributed by atoms with E-state index in [2.05, 4.69) is 21.2 Å². The minimum absolute atomic E-state index is 0.0389. The van der Waals surface area contributed by atoms with E-state index in [-0.39, 0.29) is 35.4 Å². The predicted molar refractivity (Wildman–Crippen MR) is 130 cm³/mol. The van der Waals surface area contributed by atoms with Gasteiger partial charge in [0.25, 0.3) is 5.91 Å². The Bertz CT molecular complexity index is 1280. The van der Waals surface area contributed by atoms with E-state index in [1.54, 1.807) is 30.3 Å². The number of ether oxygens (including phenoxy) is 2. The number of nitrogens with zero attached hydrogens (tertiary/aromatic N) is 1. The van der Waals surface area contributed by atoms with Gasteiger partial charge in [0.15, 0.2) is 11.5 Å². The number of hydrogen-bond donors (Lipinski definition) is 1. The van der Waals surface area contributed by atoms with E-state index in [1.807, 2.05) is 24.3 Å². The molecule has 9 heteroatoms. The molecule has 0 unspecified atom stereocenters. The molecule has 0 atom stereocenters. The van der Waals surface area contributed by atoms with Crippen LogP contribution in [0.5, 0.6) is 11.5 Å². The fourth-order valence-corrected chi connectivity index (χ4v) is 3.92. The normalized spacial score (nSPS) is 14.5. The number of carbonyl (C=O) groups excluding carboxylic acids is 2. The first-order chi connectivity index (χ1) is 16.4. The van der Waals surface area contributed by atoms with Crippen LogP contribution in [0.2, 0.25) is 5.02 Å². The minimum atomic E-state index is -0.512. The number of amides is 3. The second-order valence-corrected chi connectivity index (χ2v) is 8.74. The van der Waals surface area contributed by atoms with E-state index in [0.29, 0.717) is 16.9 Å². The summed E-state index contributed by atoms with van der Waals surface area (Å²) in [6.45, 7) is 0.102. The highest BCUT2D eigenvalue weighted by molar-refractivity contribution is 9.10. The molecule has 1 heterocycles. The molecular weight excluding hydrogens is 527 g/mol. The molecule has 1 aliphatic rings. The van der Waals surface area contributed by atoms with Gasteiger partial charge < -0.3 is 14.8 Å². The SMILES string of the molecule is COc1cc(C=C2NC(=O)N(Cc3ccc(Br)cc3)C2=O)cc(Cl)c1OCc1ccccc1F. The summed E-state index contributed by atoms with van der Waals surface area (Å²) in [6.07, 6.45) is 1.51. The van der Waals surface area contributed by atoms with Crippen LogP contribution in [0.3, 0.4) is 0 Å². The van der Waals surface area contributed by atoms with Crippen LogP contribution in [0, 0.1) is 5.82 Å². The number of methoxy groups -OCH3 is 1. The van der Waals surface area contributed by atoms with Gasteiger partial charge in [0.2, 0.25) is 0 Å². The standard InChI is InChI=1S/C25H19BrClFN2O4/c1-33-22-12-16(10-19(27)23(22)34-14-17-4-2-3-5-20(17)28)11-21-24(31)30(25(32)29-21)13-15-6-8-18(26)9-7-15/h2-12H,13-14H2,1H3,(H,29,32). The van der Waals surface area contributed by atoms with E-state index in [4.69, 9.17) is 21.1 Å². The van der Waals surface area contributed by atoms with Crippen molar-refractivity contribution < 1.29 is 23.5 Å². The van der Waals surface area contributed by atoms with Crippen molar-refractivity contribution in [1.82, 2.24) is 10.2 Å². The first-order valence-electron chi connectivity index (χ1n) is 10.2. The Balaban J connectivity index is 1.53. The van der Waals surface area contributed by atoms with Crippen LogP contribution in [0.4, 0.5) is 9.18 Å². The molecule has 0 bridgehead atoms. The van der Waals surface area contributed by atoms with E-state index in [0.717, 1.165) is 14.9 Å². The summed E-state index contributed by atoms with van der Waals surface area (Å²) in [5, 5.41) is 2.80. The highest BCUT2D eigenvalue weighted by atomic mass is 79.9. The summed E-state index contributed by atoms with van der Waals surface area (Å²) in [5.41, 5.74) is 1.82. The summed E-state index contributed by atoms with van der Waals surface area (Å²) in [5.74, 6) is -0.294. The first-order valence-corrected chi connectivity index (χ1v) is 11.4. The Kier molecular flexibility index (Phi) is 7.19. The van der Waals surface area contributed by atoms with Gasteiger partial charge in [-0.2, -0.15) is 0 Å². The summed E-state index contributed by atoms with van der Waals surface area (Å²) in [6, 6.07) is 16.3. The zero-order chi connectivity index (χ0) is 24.2. The number of rotatable bonds is 7. The lowest BCUT2D eigenvalue weighted by Gasteiger charge is -2.14. The summed E-state index contributed by atoms with van der Waals surface area (Å²) in [7, 11) is 1.45. The number of benzene rings is 3. The van der Waals surface area contributed by atoms with Crippen molar-refractivity contribution >= 4 is 45.5 Å². The number of urea groups is 1. The van der Waals surface area contributed by atoms with Gasteiger partial charge in [-0.25, -0.2) is 9.18 Å². The number of carbonyl (C=O) groups is 2. The molecule has 34 heavy (non-hydrogen) atoms. The van der Waals surface area contributed by atoms with E-state index >= 15 is 0 Å². The van der Waals surface area contributed by atoms with E-state index in [1.165, 1.54) is 19.3 Å². The first kappa shape index (κ1) is 23.8. The zero-order valence-electron chi connectivity index (χ0n) is 18.0. The van der Waals surface area contributed by atoms with Crippen LogP contribution in [-0.2, 0) is 17.9 Å². The fraction of sp³-hybridized carbons (Fsp3) is 0.120. The summed E-state index contributed by atoms with van der Waals surface area (Å²) in [4.78, 5) is 26.3. The topological polar surface area (TPSA) is 67.9 Å². The van der Waals surface area contributed by atoms with Crippen LogP contribution < -0.4 is 14.8 Å². The van der Waals surface area contributed by atoms with Gasteiger partial charge in [0.1, 0.15) is 18.1 Å². The number of hydrogen-bond acceptors (Lipinski definition) is 4. The molecule has 0 aliphatic carbocycles. The average Bonchev–Trinajstić information content (AvgIpc) is 3.07. The summed E-state index contributed by atoms with van der Waals surface area (Å²) < 4.78 is 25.9. The molecule has 3 aromatic carbocycles. The second-order valence-electron chi connectivity index (χ2n) is 7.42. The summed E-state index contributed by atoms with van der Waals surface area (Å²) >= 11 is 9.76. The molecule has 1 N–H and O–H groups in total. The molecule has 0 radical (unpaired) electrons. The fourth-order valence-electron chi connectivity index (χ4n) is 3.38. The molecule has 6 nitrogen and oxygen atoms in total. The van der Waals surface area contributed by atoms with Crippen LogP contribution in [-0.4, -0.2) is 23.9 Å². The van der Waals surface area contributed by atoms with Gasteiger partial charge in [0.05, 0.1) is 18.7 Å². The van der Waals surface area contributed by atoms with Gasteiger partial charge >= 0.3 is 6.03 Å². The molecule has 0 saturated carbocycles. The van der Waals surface area contributed by atoms with Gasteiger partial charge in [-0.1, -0.05) is 57.9 Å². The van der Waals surface area contributed by atoms with Crippen molar-refractivity contribution in [2.75, 3.05) is 7.11 Å². The van der Waals surface area contributed by atoms with Crippen LogP contribution >= 0.6 is 27.5 Å². The Labute approximate surface area is 209 Å². The van der Waals surface area contributed by atoms with Gasteiger partial charge in [-0.3, -0.25) is 9.69 Å². The third-order valence-corrected chi connectivity index (χ3v) is 5.92. The number of nitrogens with one attached hydrogen (secondary N) is 1. The molecule has 3 amide bonds. The van der Waals surface area contributed by atoms with Crippen LogP contribution in [0.25, 0.3) is 6.08 Å². The Morgan fingerprint density at radius 1 is 1.12 bits per heavy atom. The second kappa shape index (κ2) is 10.3. The van der Waals surface area contributed by atoms with Crippen molar-refractivity contribution in [3.63, 3.8) is 0 Å². The maximum Gasteiger partial charge on any atom is 0.329 e. The quantitative estimate of drug-likeness (QED) is 0.296. The molecule has 0 aromatic heterocycles. The van der Waals surface area contributed by atoms with Gasteiger partial charge in [-0.15, -0.1) is 0 Å². The highest BCUT2D eigenvalue weighted by Crippen LogP contribution is 2.38. The maximum atomic E-state index is 13.9. The maximum absolute atomic E-state index is 13.9. The third-order valence-electron chi connectivity index (χ3n) is 5.11. The average molecular weight is 546 g/mol. The molecule has 0 spiro atoms. The highest BCUT2D eigenvalue weighted by Gasteiger charge is 2.33. The van der Waals surface area contributed by atoms with Crippen molar-refractivity contribution in [2.45, 2.75) is 13.2 Å². The predicted octanol–water partition coefficient (Wildman–Crippen LogP) is 5.92. The molecule has 1 saturated heterocycles.